The van der Waals surface area contributed by atoms with Gasteiger partial charge in [0, 0.05) is 0 Å². The molecule has 0 aliphatic rings. The van der Waals surface area contributed by atoms with Crippen LogP contribution in [0.1, 0.15) is 17.2 Å². The van der Waals surface area contributed by atoms with Crippen LogP contribution in [0.2, 0.25) is 0 Å². The highest BCUT2D eigenvalue weighted by Gasteiger charge is 2.23. The number of likely N-dealkylation sites (N-methyl/N-ethyl adjacent to an activating group) is 1. The molecule has 20 heavy (non-hydrogen) atoms. The van der Waals surface area contributed by atoms with Crippen LogP contribution in [-0.2, 0) is 4.79 Å². The van der Waals surface area contributed by atoms with Crippen molar-refractivity contribution in [1.29, 1.82) is 0 Å². The highest BCUT2D eigenvalue weighted by atomic mass is 16.5. The lowest BCUT2D eigenvalue weighted by molar-refractivity contribution is -0.111. The van der Waals surface area contributed by atoms with Gasteiger partial charge in [0.25, 0.3) is 0 Å². The van der Waals surface area contributed by atoms with Crippen LogP contribution in [-0.4, -0.2) is 19.4 Å². The van der Waals surface area contributed by atoms with Crippen molar-refractivity contribution in [1.82, 2.24) is 5.32 Å². The van der Waals surface area contributed by atoms with Crippen LogP contribution in [0.4, 0.5) is 0 Å². The van der Waals surface area contributed by atoms with E-state index in [0.29, 0.717) is 0 Å². The minimum absolute atomic E-state index is 0.347. The molecule has 2 unspecified atom stereocenters. The molecule has 1 N–H and O–H groups in total. The number of carbonyl (C=O) groups is 1. The average Bonchev–Trinajstić information content (AvgIpc) is 2.50. The summed E-state index contributed by atoms with van der Waals surface area (Å²) in [4.78, 5) is 11.3. The van der Waals surface area contributed by atoms with Gasteiger partial charge in [0.15, 0.2) is 0 Å². The Balaban J connectivity index is 2.32. The summed E-state index contributed by atoms with van der Waals surface area (Å²) in [5, 5.41) is 3.00. The minimum atomic E-state index is -0.392. The molecule has 0 amide bonds. The number of aryl methyl sites for hydroxylation is 1. The van der Waals surface area contributed by atoms with Gasteiger partial charge >= 0.3 is 0 Å². The van der Waals surface area contributed by atoms with E-state index in [1.54, 1.807) is 7.05 Å². The predicted molar refractivity (Wildman–Crippen MR) is 79.9 cm³/mol. The molecule has 3 heteroatoms. The normalized spacial score (nSPS) is 13.5. The first-order valence-electron chi connectivity index (χ1n) is 6.66. The molecule has 0 radical (unpaired) electrons. The molecule has 0 bridgehead atoms. The van der Waals surface area contributed by atoms with Crippen molar-refractivity contribution in [2.24, 2.45) is 0 Å². The Labute approximate surface area is 119 Å². The number of rotatable bonds is 6. The van der Waals surface area contributed by atoms with E-state index in [-0.39, 0.29) is 6.10 Å². The predicted octanol–water partition coefficient (Wildman–Crippen LogP) is 2.90. The van der Waals surface area contributed by atoms with E-state index in [1.165, 1.54) is 0 Å². The van der Waals surface area contributed by atoms with E-state index in [4.69, 9.17) is 4.74 Å². The SMILES string of the molecule is CNC(C=O)C(Oc1ccccc1C)c1ccccc1. The topological polar surface area (TPSA) is 38.3 Å². The maximum atomic E-state index is 11.3. The van der Waals surface area contributed by atoms with E-state index in [0.717, 1.165) is 23.2 Å². The second-order valence-electron chi connectivity index (χ2n) is 4.67. The van der Waals surface area contributed by atoms with E-state index < -0.39 is 6.04 Å². The summed E-state index contributed by atoms with van der Waals surface area (Å²) in [7, 11) is 1.76. The van der Waals surface area contributed by atoms with Gasteiger partial charge in [-0.15, -0.1) is 0 Å². The summed E-state index contributed by atoms with van der Waals surface area (Å²) >= 11 is 0. The lowest BCUT2D eigenvalue weighted by Crippen LogP contribution is -2.36. The first kappa shape index (κ1) is 14.3. The minimum Gasteiger partial charge on any atom is -0.483 e. The maximum Gasteiger partial charge on any atom is 0.146 e. The second-order valence-corrected chi connectivity index (χ2v) is 4.67. The van der Waals surface area contributed by atoms with Gasteiger partial charge in [-0.3, -0.25) is 0 Å². The molecule has 104 valence electrons. The van der Waals surface area contributed by atoms with Crippen LogP contribution in [0, 0.1) is 6.92 Å². The van der Waals surface area contributed by atoms with Crippen molar-refractivity contribution >= 4 is 6.29 Å². The lowest BCUT2D eigenvalue weighted by atomic mass is 10.0. The largest absolute Gasteiger partial charge is 0.483 e. The fraction of sp³-hybridized carbons (Fsp3) is 0.235. The third kappa shape index (κ3) is 3.25. The summed E-state index contributed by atoms with van der Waals surface area (Å²) in [6.45, 7) is 1.99. The summed E-state index contributed by atoms with van der Waals surface area (Å²) in [6, 6.07) is 17.2. The van der Waals surface area contributed by atoms with Crippen molar-refractivity contribution in [2.75, 3.05) is 7.05 Å². The van der Waals surface area contributed by atoms with E-state index in [1.807, 2.05) is 61.5 Å². The highest BCUT2D eigenvalue weighted by molar-refractivity contribution is 5.59. The second kappa shape index (κ2) is 6.87. The molecule has 2 atom stereocenters. The Bertz CT molecular complexity index is 554. The van der Waals surface area contributed by atoms with Gasteiger partial charge in [-0.05, 0) is 31.2 Å². The van der Waals surface area contributed by atoms with Crippen molar-refractivity contribution in [3.8, 4) is 5.75 Å². The van der Waals surface area contributed by atoms with Crippen LogP contribution in [0.25, 0.3) is 0 Å². The third-order valence-electron chi connectivity index (χ3n) is 3.28. The fourth-order valence-electron chi connectivity index (χ4n) is 2.11. The molecule has 2 aromatic carbocycles. The zero-order chi connectivity index (χ0) is 14.4. The number of ether oxygens (including phenoxy) is 1. The van der Waals surface area contributed by atoms with Crippen LogP contribution < -0.4 is 10.1 Å². The molecule has 0 aliphatic carbocycles. The first-order valence-corrected chi connectivity index (χ1v) is 6.66. The zero-order valence-corrected chi connectivity index (χ0v) is 11.7. The van der Waals surface area contributed by atoms with Crippen LogP contribution >= 0.6 is 0 Å². The molecular weight excluding hydrogens is 250 g/mol. The molecule has 0 fully saturated rings. The van der Waals surface area contributed by atoms with Crippen LogP contribution in [0.15, 0.2) is 54.6 Å². The summed E-state index contributed by atoms with van der Waals surface area (Å²) < 4.78 is 6.08. The molecule has 0 saturated heterocycles. The number of para-hydroxylation sites is 1. The number of benzene rings is 2. The smallest absolute Gasteiger partial charge is 0.146 e. The molecule has 2 aromatic rings. The van der Waals surface area contributed by atoms with Gasteiger partial charge in [0.05, 0.1) is 0 Å². The van der Waals surface area contributed by atoms with Crippen molar-refractivity contribution in [2.45, 2.75) is 19.1 Å². The van der Waals surface area contributed by atoms with E-state index >= 15 is 0 Å². The maximum absolute atomic E-state index is 11.3. The van der Waals surface area contributed by atoms with Crippen LogP contribution in [0.3, 0.4) is 0 Å². The highest BCUT2D eigenvalue weighted by Crippen LogP contribution is 2.26. The molecule has 0 heterocycles. The van der Waals surface area contributed by atoms with Crippen molar-refractivity contribution in [3.05, 3.63) is 65.7 Å². The Morgan fingerprint density at radius 2 is 1.70 bits per heavy atom. The summed E-state index contributed by atoms with van der Waals surface area (Å²) in [5.74, 6) is 0.795. The van der Waals surface area contributed by atoms with Crippen molar-refractivity contribution < 1.29 is 9.53 Å². The number of carbonyl (C=O) groups excluding carboxylic acids is 1. The lowest BCUT2D eigenvalue weighted by Gasteiger charge is -2.25. The van der Waals surface area contributed by atoms with Gasteiger partial charge in [-0.1, -0.05) is 48.5 Å². The fourth-order valence-corrected chi connectivity index (χ4v) is 2.11. The van der Waals surface area contributed by atoms with Gasteiger partial charge in [0.2, 0.25) is 0 Å². The van der Waals surface area contributed by atoms with Gasteiger partial charge in [-0.2, -0.15) is 0 Å². The van der Waals surface area contributed by atoms with Gasteiger partial charge in [-0.25, -0.2) is 0 Å². The first-order chi connectivity index (χ1) is 9.76. The Hall–Kier alpha value is -2.13. The number of aldehydes is 1. The quantitative estimate of drug-likeness (QED) is 0.819. The van der Waals surface area contributed by atoms with Crippen molar-refractivity contribution in [3.63, 3.8) is 0 Å². The van der Waals surface area contributed by atoms with E-state index in [2.05, 4.69) is 5.32 Å². The average molecular weight is 269 g/mol. The Morgan fingerprint density at radius 3 is 2.30 bits per heavy atom. The Morgan fingerprint density at radius 1 is 1.05 bits per heavy atom. The van der Waals surface area contributed by atoms with Gasteiger partial charge in [0.1, 0.15) is 24.2 Å². The number of nitrogens with one attached hydrogen (secondary N) is 1. The third-order valence-corrected chi connectivity index (χ3v) is 3.28. The molecule has 0 aromatic heterocycles. The van der Waals surface area contributed by atoms with E-state index in [9.17, 15) is 4.79 Å². The molecular formula is C17H19NO2. The number of hydrogen-bond donors (Lipinski definition) is 1. The standard InChI is InChI=1S/C17H19NO2/c1-13-8-6-7-11-16(13)20-17(15(12-19)18-2)14-9-4-3-5-10-14/h3-12,15,17-18H,1-2H3. The molecule has 0 saturated carbocycles. The molecule has 0 aliphatic heterocycles. The zero-order valence-electron chi connectivity index (χ0n) is 11.7. The molecule has 3 nitrogen and oxygen atoms in total. The molecule has 2 rings (SSSR count). The van der Waals surface area contributed by atoms with Crippen LogP contribution in [0.5, 0.6) is 5.75 Å². The monoisotopic (exact) mass is 269 g/mol. The number of hydrogen-bond acceptors (Lipinski definition) is 3. The van der Waals surface area contributed by atoms with Gasteiger partial charge < -0.3 is 14.8 Å². The Kier molecular flexibility index (Phi) is 4.91. The summed E-state index contributed by atoms with van der Waals surface area (Å²) in [5.41, 5.74) is 2.02. The molecule has 0 spiro atoms. The summed E-state index contributed by atoms with van der Waals surface area (Å²) in [6.07, 6.45) is 0.537.